The summed E-state index contributed by atoms with van der Waals surface area (Å²) >= 11 is 0. The SMILES string of the molecule is COC(=O)C(=Cc1ccccc1N(C)Cc1cccc(OC)c1)C(=O)OC. The van der Waals surface area contributed by atoms with Crippen LogP contribution in [0.5, 0.6) is 5.75 Å². The molecule has 0 aromatic heterocycles. The van der Waals surface area contributed by atoms with Crippen LogP contribution in [0.3, 0.4) is 0 Å². The van der Waals surface area contributed by atoms with E-state index in [4.69, 9.17) is 14.2 Å². The fraction of sp³-hybridized carbons (Fsp3) is 0.238. The summed E-state index contributed by atoms with van der Waals surface area (Å²) < 4.78 is 14.7. The number of hydrogen-bond donors (Lipinski definition) is 0. The van der Waals surface area contributed by atoms with Gasteiger partial charge in [-0.25, -0.2) is 9.59 Å². The molecule has 0 bridgehead atoms. The van der Waals surface area contributed by atoms with E-state index in [0.29, 0.717) is 12.1 Å². The minimum atomic E-state index is -0.743. The predicted octanol–water partition coefficient (Wildman–Crippen LogP) is 3.06. The normalized spacial score (nSPS) is 9.93. The van der Waals surface area contributed by atoms with E-state index in [1.165, 1.54) is 20.3 Å². The van der Waals surface area contributed by atoms with Gasteiger partial charge in [-0.2, -0.15) is 0 Å². The van der Waals surface area contributed by atoms with Crippen LogP contribution in [0, 0.1) is 0 Å². The number of ether oxygens (including phenoxy) is 3. The number of carbonyl (C=O) groups excluding carboxylic acids is 2. The van der Waals surface area contributed by atoms with Gasteiger partial charge >= 0.3 is 11.9 Å². The zero-order chi connectivity index (χ0) is 19.8. The summed E-state index contributed by atoms with van der Waals surface area (Å²) in [5.74, 6) is -0.702. The van der Waals surface area contributed by atoms with Crippen LogP contribution in [-0.4, -0.2) is 40.3 Å². The molecule has 0 unspecified atom stereocenters. The number of hydrogen-bond acceptors (Lipinski definition) is 6. The van der Waals surface area contributed by atoms with Crippen molar-refractivity contribution in [2.45, 2.75) is 6.54 Å². The molecule has 6 heteroatoms. The molecule has 0 amide bonds. The molecule has 6 nitrogen and oxygen atoms in total. The monoisotopic (exact) mass is 369 g/mol. The van der Waals surface area contributed by atoms with E-state index in [-0.39, 0.29) is 5.57 Å². The van der Waals surface area contributed by atoms with Crippen LogP contribution in [0.2, 0.25) is 0 Å². The second-order valence-electron chi connectivity index (χ2n) is 5.81. The zero-order valence-corrected chi connectivity index (χ0v) is 15.9. The van der Waals surface area contributed by atoms with Crippen molar-refractivity contribution in [3.8, 4) is 5.75 Å². The van der Waals surface area contributed by atoms with E-state index < -0.39 is 11.9 Å². The van der Waals surface area contributed by atoms with Crippen molar-refractivity contribution < 1.29 is 23.8 Å². The van der Waals surface area contributed by atoms with Crippen molar-refractivity contribution in [2.24, 2.45) is 0 Å². The number of methoxy groups -OCH3 is 3. The Morgan fingerprint density at radius 3 is 2.26 bits per heavy atom. The van der Waals surface area contributed by atoms with Gasteiger partial charge in [0.25, 0.3) is 0 Å². The fourth-order valence-corrected chi connectivity index (χ4v) is 2.66. The Hall–Kier alpha value is -3.28. The molecule has 0 aliphatic rings. The lowest BCUT2D eigenvalue weighted by Crippen LogP contribution is -2.18. The molecule has 0 spiro atoms. The molecule has 0 saturated carbocycles. The smallest absolute Gasteiger partial charge is 0.345 e. The number of anilines is 1. The topological polar surface area (TPSA) is 65.1 Å². The van der Waals surface area contributed by atoms with Crippen LogP contribution in [0.4, 0.5) is 5.69 Å². The summed E-state index contributed by atoms with van der Waals surface area (Å²) in [5, 5.41) is 0. The van der Waals surface area contributed by atoms with Crippen molar-refractivity contribution in [1.29, 1.82) is 0 Å². The Morgan fingerprint density at radius 2 is 1.63 bits per heavy atom. The molecule has 2 aromatic carbocycles. The molecule has 0 atom stereocenters. The van der Waals surface area contributed by atoms with Crippen LogP contribution >= 0.6 is 0 Å². The summed E-state index contributed by atoms with van der Waals surface area (Å²) in [4.78, 5) is 25.9. The second kappa shape index (κ2) is 9.43. The van der Waals surface area contributed by atoms with E-state index in [2.05, 4.69) is 0 Å². The molecule has 0 heterocycles. The van der Waals surface area contributed by atoms with Crippen molar-refractivity contribution in [1.82, 2.24) is 0 Å². The van der Waals surface area contributed by atoms with Gasteiger partial charge in [-0.15, -0.1) is 0 Å². The molecule has 142 valence electrons. The maximum Gasteiger partial charge on any atom is 0.345 e. The summed E-state index contributed by atoms with van der Waals surface area (Å²) in [6, 6.07) is 15.3. The maximum atomic E-state index is 11.9. The van der Waals surface area contributed by atoms with Gasteiger partial charge in [0.15, 0.2) is 0 Å². The Kier molecular flexibility index (Phi) is 7.00. The molecule has 2 aromatic rings. The van der Waals surface area contributed by atoms with Crippen molar-refractivity contribution >= 4 is 23.7 Å². The highest BCUT2D eigenvalue weighted by Gasteiger charge is 2.20. The summed E-state index contributed by atoms with van der Waals surface area (Å²) in [6.45, 7) is 0.619. The molecule has 27 heavy (non-hydrogen) atoms. The highest BCUT2D eigenvalue weighted by atomic mass is 16.5. The maximum absolute atomic E-state index is 11.9. The van der Waals surface area contributed by atoms with E-state index in [0.717, 1.165) is 17.0 Å². The Labute approximate surface area is 159 Å². The van der Waals surface area contributed by atoms with Gasteiger partial charge in [0.1, 0.15) is 11.3 Å². The molecular formula is C21H23NO5. The average Bonchev–Trinajstić information content (AvgIpc) is 2.71. The first-order valence-corrected chi connectivity index (χ1v) is 8.31. The molecule has 0 saturated heterocycles. The quantitative estimate of drug-likeness (QED) is 0.323. The Morgan fingerprint density at radius 1 is 0.963 bits per heavy atom. The number of benzene rings is 2. The molecule has 2 rings (SSSR count). The third kappa shape index (κ3) is 5.10. The third-order valence-corrected chi connectivity index (χ3v) is 4.01. The van der Waals surface area contributed by atoms with Crippen molar-refractivity contribution in [3.05, 3.63) is 65.2 Å². The molecule has 0 aliphatic heterocycles. The standard InChI is InChI=1S/C21H23NO5/c1-22(14-15-8-7-10-17(12-15)25-2)19-11-6-5-9-16(19)13-18(20(23)26-3)21(24)27-4/h5-13H,14H2,1-4H3. The molecule has 0 radical (unpaired) electrons. The lowest BCUT2D eigenvalue weighted by Gasteiger charge is -2.22. The van der Waals surface area contributed by atoms with E-state index in [1.807, 2.05) is 60.5 Å². The van der Waals surface area contributed by atoms with E-state index >= 15 is 0 Å². The number of para-hydroxylation sites is 1. The first-order valence-electron chi connectivity index (χ1n) is 8.31. The summed E-state index contributed by atoms with van der Waals surface area (Å²) in [6.07, 6.45) is 1.48. The van der Waals surface area contributed by atoms with E-state index in [9.17, 15) is 9.59 Å². The van der Waals surface area contributed by atoms with E-state index in [1.54, 1.807) is 7.11 Å². The van der Waals surface area contributed by atoms with Crippen LogP contribution in [0.1, 0.15) is 11.1 Å². The number of esters is 2. The molecular weight excluding hydrogens is 346 g/mol. The highest BCUT2D eigenvalue weighted by Crippen LogP contribution is 2.25. The first-order chi connectivity index (χ1) is 13.0. The number of carbonyl (C=O) groups is 2. The van der Waals surface area contributed by atoms with Gasteiger partial charge in [-0.3, -0.25) is 0 Å². The second-order valence-corrected chi connectivity index (χ2v) is 5.81. The highest BCUT2D eigenvalue weighted by molar-refractivity contribution is 6.18. The minimum Gasteiger partial charge on any atom is -0.497 e. The first kappa shape index (κ1) is 20.0. The van der Waals surface area contributed by atoms with Crippen LogP contribution in [-0.2, 0) is 25.6 Å². The molecule has 0 fully saturated rings. The van der Waals surface area contributed by atoms with Crippen LogP contribution < -0.4 is 9.64 Å². The molecule has 0 aliphatic carbocycles. The van der Waals surface area contributed by atoms with Gasteiger partial charge in [-0.05, 0) is 35.4 Å². The van der Waals surface area contributed by atoms with Crippen molar-refractivity contribution in [3.63, 3.8) is 0 Å². The fourth-order valence-electron chi connectivity index (χ4n) is 2.66. The van der Waals surface area contributed by atoms with Gasteiger partial charge in [-0.1, -0.05) is 30.3 Å². The van der Waals surface area contributed by atoms with Gasteiger partial charge in [0.05, 0.1) is 21.3 Å². The lowest BCUT2D eigenvalue weighted by atomic mass is 10.1. The Balaban J connectivity index is 2.37. The lowest BCUT2D eigenvalue weighted by molar-refractivity contribution is -0.143. The third-order valence-electron chi connectivity index (χ3n) is 4.01. The largest absolute Gasteiger partial charge is 0.497 e. The summed E-state index contributed by atoms with van der Waals surface area (Å²) in [7, 11) is 6.01. The molecule has 0 N–H and O–H groups in total. The van der Waals surface area contributed by atoms with Gasteiger partial charge < -0.3 is 19.1 Å². The predicted molar refractivity (Wildman–Crippen MR) is 104 cm³/mol. The van der Waals surface area contributed by atoms with Crippen molar-refractivity contribution in [2.75, 3.05) is 33.3 Å². The van der Waals surface area contributed by atoms with Gasteiger partial charge in [0.2, 0.25) is 0 Å². The number of nitrogens with zero attached hydrogens (tertiary/aromatic N) is 1. The summed E-state index contributed by atoms with van der Waals surface area (Å²) in [5.41, 5.74) is 2.46. The zero-order valence-electron chi connectivity index (χ0n) is 15.9. The minimum absolute atomic E-state index is 0.165. The van der Waals surface area contributed by atoms with Crippen LogP contribution in [0.25, 0.3) is 6.08 Å². The van der Waals surface area contributed by atoms with Crippen LogP contribution in [0.15, 0.2) is 54.1 Å². The number of rotatable bonds is 7. The van der Waals surface area contributed by atoms with Gasteiger partial charge in [0, 0.05) is 19.3 Å². The average molecular weight is 369 g/mol. The Bertz CT molecular complexity index is 826.